The monoisotopic (exact) mass is 216 g/mol. The first-order valence-electron chi connectivity index (χ1n) is 5.27. The summed E-state index contributed by atoms with van der Waals surface area (Å²) in [5.74, 6) is 0.0304. The third-order valence-corrected chi connectivity index (χ3v) is 2.41. The molecule has 0 bridgehead atoms. The lowest BCUT2D eigenvalue weighted by molar-refractivity contribution is -0.131. The van der Waals surface area contributed by atoms with Gasteiger partial charge in [0.1, 0.15) is 6.61 Å². The van der Waals surface area contributed by atoms with Crippen LogP contribution in [0.1, 0.15) is 13.3 Å². The Morgan fingerprint density at radius 3 is 3.07 bits per heavy atom. The van der Waals surface area contributed by atoms with Crippen LogP contribution in [0.15, 0.2) is 0 Å². The maximum Gasteiger partial charge on any atom is 0.177 e. The summed E-state index contributed by atoms with van der Waals surface area (Å²) >= 11 is 0. The van der Waals surface area contributed by atoms with Gasteiger partial charge in [0.25, 0.3) is 0 Å². The SMILES string of the molecule is COCC(=O)C1NCCOC1CC(C)N. The zero-order valence-corrected chi connectivity index (χ0v) is 9.36. The molecule has 15 heavy (non-hydrogen) atoms. The number of hydrogen-bond acceptors (Lipinski definition) is 5. The van der Waals surface area contributed by atoms with Crippen molar-refractivity contribution in [1.82, 2.24) is 5.32 Å². The molecule has 5 heteroatoms. The number of Topliss-reactive ketones (excluding diaryl/α,β-unsaturated/α-hetero) is 1. The van der Waals surface area contributed by atoms with Gasteiger partial charge in [0.15, 0.2) is 5.78 Å². The Balaban J connectivity index is 2.52. The summed E-state index contributed by atoms with van der Waals surface area (Å²) in [7, 11) is 1.52. The minimum Gasteiger partial charge on any atom is -0.377 e. The van der Waals surface area contributed by atoms with Gasteiger partial charge in [-0.2, -0.15) is 0 Å². The van der Waals surface area contributed by atoms with Crippen molar-refractivity contribution >= 4 is 5.78 Å². The fraction of sp³-hybridized carbons (Fsp3) is 0.900. The summed E-state index contributed by atoms with van der Waals surface area (Å²) in [5.41, 5.74) is 5.71. The van der Waals surface area contributed by atoms with E-state index >= 15 is 0 Å². The Morgan fingerprint density at radius 1 is 1.73 bits per heavy atom. The molecule has 1 rings (SSSR count). The van der Waals surface area contributed by atoms with Crippen molar-refractivity contribution in [3.63, 3.8) is 0 Å². The molecule has 1 heterocycles. The van der Waals surface area contributed by atoms with Crippen molar-refractivity contribution in [2.75, 3.05) is 26.9 Å². The van der Waals surface area contributed by atoms with Gasteiger partial charge >= 0.3 is 0 Å². The Morgan fingerprint density at radius 2 is 2.47 bits per heavy atom. The summed E-state index contributed by atoms with van der Waals surface area (Å²) in [5, 5.41) is 3.15. The molecule has 0 saturated carbocycles. The summed E-state index contributed by atoms with van der Waals surface area (Å²) in [6.45, 7) is 3.37. The van der Waals surface area contributed by atoms with E-state index in [9.17, 15) is 4.79 Å². The second-order valence-electron chi connectivity index (χ2n) is 3.95. The van der Waals surface area contributed by atoms with Gasteiger partial charge in [-0.3, -0.25) is 4.79 Å². The van der Waals surface area contributed by atoms with Gasteiger partial charge in [-0.25, -0.2) is 0 Å². The topological polar surface area (TPSA) is 73.6 Å². The number of methoxy groups -OCH3 is 1. The maximum absolute atomic E-state index is 11.7. The van der Waals surface area contributed by atoms with Crippen LogP contribution in [-0.2, 0) is 14.3 Å². The van der Waals surface area contributed by atoms with Crippen LogP contribution >= 0.6 is 0 Å². The van der Waals surface area contributed by atoms with E-state index in [1.165, 1.54) is 7.11 Å². The van der Waals surface area contributed by atoms with E-state index in [1.54, 1.807) is 0 Å². The average Bonchev–Trinajstić information content (AvgIpc) is 2.18. The molecule has 0 spiro atoms. The van der Waals surface area contributed by atoms with Gasteiger partial charge in [-0.05, 0) is 13.3 Å². The molecule has 3 unspecified atom stereocenters. The standard InChI is InChI=1S/C10H20N2O3/c1-7(11)5-9-10(8(13)6-14-2)12-3-4-15-9/h7,9-10,12H,3-6,11H2,1-2H3. The van der Waals surface area contributed by atoms with Crippen molar-refractivity contribution in [1.29, 1.82) is 0 Å². The normalized spacial score (nSPS) is 28.7. The zero-order valence-electron chi connectivity index (χ0n) is 9.36. The molecule has 3 atom stereocenters. The van der Waals surface area contributed by atoms with E-state index in [0.29, 0.717) is 19.6 Å². The number of rotatable bonds is 5. The van der Waals surface area contributed by atoms with Crippen LogP contribution < -0.4 is 11.1 Å². The molecule has 5 nitrogen and oxygen atoms in total. The molecule has 1 saturated heterocycles. The Hall–Kier alpha value is -0.490. The predicted octanol–water partition coefficient (Wildman–Crippen LogP) is -0.704. The summed E-state index contributed by atoms with van der Waals surface area (Å²) in [4.78, 5) is 11.7. The van der Waals surface area contributed by atoms with Crippen molar-refractivity contribution in [3.05, 3.63) is 0 Å². The Kier molecular flexibility index (Phi) is 5.17. The highest BCUT2D eigenvalue weighted by molar-refractivity contribution is 5.85. The van der Waals surface area contributed by atoms with E-state index in [2.05, 4.69) is 5.32 Å². The minimum absolute atomic E-state index is 0.0304. The molecule has 1 fully saturated rings. The largest absolute Gasteiger partial charge is 0.377 e. The van der Waals surface area contributed by atoms with Gasteiger partial charge in [0.2, 0.25) is 0 Å². The summed E-state index contributed by atoms with van der Waals surface area (Å²) in [6, 6.07) is -0.238. The predicted molar refractivity (Wildman–Crippen MR) is 56.7 cm³/mol. The second kappa shape index (κ2) is 6.17. The summed E-state index contributed by atoms with van der Waals surface area (Å²) < 4.78 is 10.4. The molecule has 88 valence electrons. The third kappa shape index (κ3) is 3.87. The molecule has 0 aromatic rings. The van der Waals surface area contributed by atoms with Crippen molar-refractivity contribution in [2.24, 2.45) is 5.73 Å². The van der Waals surface area contributed by atoms with E-state index in [0.717, 1.165) is 0 Å². The van der Waals surface area contributed by atoms with Gasteiger partial charge in [-0.1, -0.05) is 0 Å². The molecule has 0 aliphatic carbocycles. The number of ether oxygens (including phenoxy) is 2. The van der Waals surface area contributed by atoms with Crippen LogP contribution in [0.3, 0.4) is 0 Å². The molecule has 1 aliphatic rings. The molecule has 0 aromatic carbocycles. The lowest BCUT2D eigenvalue weighted by Gasteiger charge is -2.32. The van der Waals surface area contributed by atoms with Crippen LogP contribution in [-0.4, -0.2) is 50.8 Å². The van der Waals surface area contributed by atoms with Gasteiger partial charge in [0.05, 0.1) is 18.8 Å². The Bertz CT molecular complexity index is 209. The lowest BCUT2D eigenvalue weighted by atomic mass is 9.99. The van der Waals surface area contributed by atoms with Crippen molar-refractivity contribution < 1.29 is 14.3 Å². The van der Waals surface area contributed by atoms with Gasteiger partial charge in [0, 0.05) is 19.7 Å². The van der Waals surface area contributed by atoms with E-state index in [4.69, 9.17) is 15.2 Å². The number of nitrogens with two attached hydrogens (primary N) is 1. The minimum atomic E-state index is -0.273. The van der Waals surface area contributed by atoms with Crippen LogP contribution in [0, 0.1) is 0 Å². The fourth-order valence-electron chi connectivity index (χ4n) is 1.78. The zero-order chi connectivity index (χ0) is 11.3. The first-order valence-corrected chi connectivity index (χ1v) is 5.27. The van der Waals surface area contributed by atoms with E-state index in [1.807, 2.05) is 6.92 Å². The van der Waals surface area contributed by atoms with Crippen molar-refractivity contribution in [3.8, 4) is 0 Å². The number of ketones is 1. The fourth-order valence-corrected chi connectivity index (χ4v) is 1.78. The van der Waals surface area contributed by atoms with Gasteiger partial charge < -0.3 is 20.5 Å². The van der Waals surface area contributed by atoms with Crippen LogP contribution in [0.25, 0.3) is 0 Å². The first kappa shape index (κ1) is 12.6. The van der Waals surface area contributed by atoms with Gasteiger partial charge in [-0.15, -0.1) is 0 Å². The first-order chi connectivity index (χ1) is 7.15. The smallest absolute Gasteiger partial charge is 0.177 e. The van der Waals surface area contributed by atoms with Crippen molar-refractivity contribution in [2.45, 2.75) is 31.5 Å². The lowest BCUT2D eigenvalue weighted by Crippen LogP contribution is -2.55. The number of hydrogen-bond donors (Lipinski definition) is 2. The molecular weight excluding hydrogens is 196 g/mol. The number of carbonyl (C=O) groups excluding carboxylic acids is 1. The van der Waals surface area contributed by atoms with Crippen LogP contribution in [0.4, 0.5) is 0 Å². The molecule has 3 N–H and O–H groups in total. The number of carbonyl (C=O) groups is 1. The molecule has 1 aliphatic heterocycles. The Labute approximate surface area is 90.3 Å². The molecule has 0 radical (unpaired) electrons. The van der Waals surface area contributed by atoms with Crippen LogP contribution in [0.2, 0.25) is 0 Å². The molecule has 0 amide bonds. The highest BCUT2D eigenvalue weighted by Crippen LogP contribution is 2.11. The second-order valence-corrected chi connectivity index (χ2v) is 3.95. The number of morpholine rings is 1. The number of nitrogens with one attached hydrogen (secondary N) is 1. The quantitative estimate of drug-likeness (QED) is 0.635. The average molecular weight is 216 g/mol. The third-order valence-electron chi connectivity index (χ3n) is 2.41. The van der Waals surface area contributed by atoms with E-state index in [-0.39, 0.29) is 30.6 Å². The highest BCUT2D eigenvalue weighted by Gasteiger charge is 2.31. The molecule has 0 aromatic heterocycles. The van der Waals surface area contributed by atoms with E-state index < -0.39 is 0 Å². The summed E-state index contributed by atoms with van der Waals surface area (Å²) in [6.07, 6.45) is 0.564. The van der Waals surface area contributed by atoms with Crippen LogP contribution in [0.5, 0.6) is 0 Å². The maximum atomic E-state index is 11.7. The molecular formula is C10H20N2O3. The highest BCUT2D eigenvalue weighted by atomic mass is 16.5.